The zero-order valence-corrected chi connectivity index (χ0v) is 21.3. The molecule has 1 aliphatic heterocycles. The minimum atomic E-state index is -3.96. The van der Waals surface area contributed by atoms with E-state index in [0.29, 0.717) is 5.75 Å². The van der Waals surface area contributed by atoms with Crippen LogP contribution in [-0.4, -0.2) is 14.0 Å². The second-order valence-electron chi connectivity index (χ2n) is 10.2. The molecule has 0 saturated heterocycles. The monoisotopic (exact) mass is 468 g/mol. The first-order valence-corrected chi connectivity index (χ1v) is 13.6. The number of benzene rings is 2. The molecule has 1 aliphatic carbocycles. The third kappa shape index (κ3) is 4.98. The molecule has 0 aromatic heterocycles. The molecule has 5 heteroatoms. The van der Waals surface area contributed by atoms with E-state index in [2.05, 4.69) is 39.8 Å². The second-order valence-corrected chi connectivity index (χ2v) is 11.7. The summed E-state index contributed by atoms with van der Waals surface area (Å²) in [5.74, 6) is 1.51. The molecule has 0 amide bonds. The SMILES string of the molecule is CCCCCc1cc2c(c(OS(=O)(=O)c3ccc(C)cc3)c1)[C@@H]1C=C(C)CC[C@H]1C(C)(C)O2. The summed E-state index contributed by atoms with van der Waals surface area (Å²) in [5, 5.41) is 0. The van der Waals surface area contributed by atoms with Crippen molar-refractivity contribution >= 4 is 10.1 Å². The summed E-state index contributed by atoms with van der Waals surface area (Å²) in [6.45, 7) is 10.6. The van der Waals surface area contributed by atoms with Gasteiger partial charge in [0.2, 0.25) is 0 Å². The Morgan fingerprint density at radius 2 is 1.82 bits per heavy atom. The summed E-state index contributed by atoms with van der Waals surface area (Å²) in [4.78, 5) is 0.169. The van der Waals surface area contributed by atoms with E-state index < -0.39 is 10.1 Å². The second kappa shape index (κ2) is 9.17. The van der Waals surface area contributed by atoms with Gasteiger partial charge >= 0.3 is 10.1 Å². The molecule has 0 spiro atoms. The number of fused-ring (bicyclic) bond motifs is 3. The molecule has 4 nitrogen and oxygen atoms in total. The number of aryl methyl sites for hydroxylation is 2. The molecular weight excluding hydrogens is 432 g/mol. The van der Waals surface area contributed by atoms with Crippen molar-refractivity contribution in [1.29, 1.82) is 0 Å². The molecule has 1 heterocycles. The smallest absolute Gasteiger partial charge is 0.339 e. The van der Waals surface area contributed by atoms with E-state index in [9.17, 15) is 8.42 Å². The average Bonchev–Trinajstić information content (AvgIpc) is 2.73. The van der Waals surface area contributed by atoms with Crippen molar-refractivity contribution in [2.75, 3.05) is 0 Å². The normalized spacial score (nSPS) is 21.4. The summed E-state index contributed by atoms with van der Waals surface area (Å²) < 4.78 is 38.9. The minimum Gasteiger partial charge on any atom is -0.487 e. The Kier molecular flexibility index (Phi) is 6.63. The lowest BCUT2D eigenvalue weighted by Crippen LogP contribution is -2.45. The lowest BCUT2D eigenvalue weighted by atomic mass is 9.68. The van der Waals surface area contributed by atoms with E-state index in [1.807, 2.05) is 13.0 Å². The fourth-order valence-corrected chi connectivity index (χ4v) is 6.16. The maximum absolute atomic E-state index is 13.2. The molecule has 2 aliphatic rings. The Morgan fingerprint density at radius 3 is 2.52 bits per heavy atom. The van der Waals surface area contributed by atoms with Gasteiger partial charge in [-0.25, -0.2) is 0 Å². The first-order chi connectivity index (χ1) is 15.6. The van der Waals surface area contributed by atoms with Crippen LogP contribution in [0.3, 0.4) is 0 Å². The predicted molar refractivity (Wildman–Crippen MR) is 133 cm³/mol. The molecule has 0 saturated carbocycles. The van der Waals surface area contributed by atoms with Gasteiger partial charge in [-0.3, -0.25) is 0 Å². The summed E-state index contributed by atoms with van der Waals surface area (Å²) in [5.41, 5.74) is 3.93. The highest BCUT2D eigenvalue weighted by atomic mass is 32.2. The quantitative estimate of drug-likeness (QED) is 0.247. The highest BCUT2D eigenvalue weighted by molar-refractivity contribution is 7.87. The van der Waals surface area contributed by atoms with Crippen molar-refractivity contribution < 1.29 is 17.3 Å². The van der Waals surface area contributed by atoms with Gasteiger partial charge in [-0.1, -0.05) is 49.1 Å². The number of unbranched alkanes of at least 4 members (excludes halogenated alkanes) is 2. The van der Waals surface area contributed by atoms with Gasteiger partial charge in [-0.05, 0) is 83.2 Å². The predicted octanol–water partition coefficient (Wildman–Crippen LogP) is 7.11. The fourth-order valence-electron chi connectivity index (χ4n) is 5.22. The van der Waals surface area contributed by atoms with Crippen LogP contribution in [0, 0.1) is 12.8 Å². The van der Waals surface area contributed by atoms with Crippen LogP contribution in [0.1, 0.15) is 82.4 Å². The lowest BCUT2D eigenvalue weighted by molar-refractivity contribution is 0.0110. The van der Waals surface area contributed by atoms with Crippen LogP contribution in [0.15, 0.2) is 52.9 Å². The molecular formula is C28H36O4S. The van der Waals surface area contributed by atoms with Crippen molar-refractivity contribution in [1.82, 2.24) is 0 Å². The van der Waals surface area contributed by atoms with Gasteiger partial charge in [0, 0.05) is 17.4 Å². The minimum absolute atomic E-state index is 0.0745. The topological polar surface area (TPSA) is 52.6 Å². The van der Waals surface area contributed by atoms with Crippen LogP contribution >= 0.6 is 0 Å². The molecule has 178 valence electrons. The average molecular weight is 469 g/mol. The molecule has 0 N–H and O–H groups in total. The van der Waals surface area contributed by atoms with Crippen molar-refractivity contribution in [2.24, 2.45) is 5.92 Å². The maximum Gasteiger partial charge on any atom is 0.339 e. The van der Waals surface area contributed by atoms with Crippen molar-refractivity contribution in [2.45, 2.75) is 89.6 Å². The molecule has 2 aromatic carbocycles. The van der Waals surface area contributed by atoms with E-state index in [1.165, 1.54) is 5.57 Å². The Morgan fingerprint density at radius 1 is 1.09 bits per heavy atom. The van der Waals surface area contributed by atoms with Crippen molar-refractivity contribution in [3.63, 3.8) is 0 Å². The Bertz CT molecular complexity index is 1140. The van der Waals surface area contributed by atoms with Crippen molar-refractivity contribution in [3.8, 4) is 11.5 Å². The molecule has 0 unspecified atom stereocenters. The molecule has 2 aromatic rings. The summed E-state index contributed by atoms with van der Waals surface area (Å²) in [7, 11) is -3.96. The Balaban J connectivity index is 1.82. The summed E-state index contributed by atoms with van der Waals surface area (Å²) >= 11 is 0. The first-order valence-electron chi connectivity index (χ1n) is 12.1. The molecule has 0 bridgehead atoms. The van der Waals surface area contributed by atoms with Crippen LogP contribution in [0.2, 0.25) is 0 Å². The third-order valence-corrected chi connectivity index (χ3v) is 8.34. The van der Waals surface area contributed by atoms with Gasteiger partial charge in [-0.2, -0.15) is 8.42 Å². The number of hydrogen-bond acceptors (Lipinski definition) is 4. The van der Waals surface area contributed by atoms with E-state index >= 15 is 0 Å². The van der Waals surface area contributed by atoms with Gasteiger partial charge in [-0.15, -0.1) is 0 Å². The molecule has 0 fully saturated rings. The van der Waals surface area contributed by atoms with E-state index in [-0.39, 0.29) is 22.3 Å². The highest BCUT2D eigenvalue weighted by Gasteiger charge is 2.46. The zero-order valence-electron chi connectivity index (χ0n) is 20.5. The van der Waals surface area contributed by atoms with Crippen LogP contribution < -0.4 is 8.92 Å². The van der Waals surface area contributed by atoms with Crippen LogP contribution in [-0.2, 0) is 16.5 Å². The molecule has 2 atom stereocenters. The van der Waals surface area contributed by atoms with Crippen LogP contribution in [0.4, 0.5) is 0 Å². The van der Waals surface area contributed by atoms with Gasteiger partial charge in [0.05, 0.1) is 0 Å². The van der Waals surface area contributed by atoms with E-state index in [0.717, 1.165) is 61.0 Å². The molecule has 0 radical (unpaired) electrons. The molecule has 33 heavy (non-hydrogen) atoms. The van der Waals surface area contributed by atoms with Crippen molar-refractivity contribution in [3.05, 3.63) is 64.7 Å². The first kappa shape index (κ1) is 23.9. The number of allylic oxidation sites excluding steroid dienone is 2. The van der Waals surface area contributed by atoms with E-state index in [4.69, 9.17) is 8.92 Å². The third-order valence-electron chi connectivity index (χ3n) is 7.09. The fraction of sp³-hybridized carbons (Fsp3) is 0.500. The number of ether oxygens (including phenoxy) is 1. The maximum atomic E-state index is 13.2. The molecule has 4 rings (SSSR count). The Labute approximate surface area is 199 Å². The van der Waals surface area contributed by atoms with Crippen LogP contribution in [0.5, 0.6) is 11.5 Å². The Hall–Kier alpha value is -2.27. The summed E-state index contributed by atoms with van der Waals surface area (Å²) in [6, 6.07) is 10.8. The van der Waals surface area contributed by atoms with Crippen LogP contribution in [0.25, 0.3) is 0 Å². The van der Waals surface area contributed by atoms with Gasteiger partial charge in [0.25, 0.3) is 0 Å². The van der Waals surface area contributed by atoms with Gasteiger partial charge < -0.3 is 8.92 Å². The lowest BCUT2D eigenvalue weighted by Gasteiger charge is -2.46. The highest BCUT2D eigenvalue weighted by Crippen LogP contribution is 2.54. The van der Waals surface area contributed by atoms with Gasteiger partial charge in [0.15, 0.2) is 5.75 Å². The zero-order chi connectivity index (χ0) is 23.8. The number of rotatable bonds is 7. The van der Waals surface area contributed by atoms with Gasteiger partial charge in [0.1, 0.15) is 16.2 Å². The summed E-state index contributed by atoms with van der Waals surface area (Å²) in [6.07, 6.45) is 8.53. The number of hydrogen-bond donors (Lipinski definition) is 0. The standard InChI is InChI=1S/C28H36O4S/c1-6-7-8-9-21-17-25-27(23-16-20(3)12-15-24(23)28(4,5)31-25)26(18-21)32-33(29,30)22-13-10-19(2)11-14-22/h10-11,13-14,16-18,23-24H,6-9,12,15H2,1-5H3/t23-,24-/m1/s1. The largest absolute Gasteiger partial charge is 0.487 e. The van der Waals surface area contributed by atoms with E-state index in [1.54, 1.807) is 24.3 Å².